The summed E-state index contributed by atoms with van der Waals surface area (Å²) in [5.41, 5.74) is 2.35. The highest BCUT2D eigenvalue weighted by molar-refractivity contribution is 5.08. The number of rotatable bonds is 8. The van der Waals surface area contributed by atoms with Crippen LogP contribution >= 0.6 is 0 Å². The summed E-state index contributed by atoms with van der Waals surface area (Å²) in [5, 5.41) is 7.82. The molecule has 0 amide bonds. The van der Waals surface area contributed by atoms with Crippen LogP contribution in [0.25, 0.3) is 0 Å². The first kappa shape index (κ1) is 13.2. The van der Waals surface area contributed by atoms with Crippen LogP contribution in [-0.2, 0) is 17.8 Å². The third-order valence-corrected chi connectivity index (χ3v) is 2.44. The van der Waals surface area contributed by atoms with Crippen LogP contribution in [0.3, 0.4) is 0 Å². The summed E-state index contributed by atoms with van der Waals surface area (Å²) in [4.78, 5) is 0. The second kappa shape index (κ2) is 7.41. The Kier molecular flexibility index (Phi) is 6.11. The quantitative estimate of drug-likeness (QED) is 0.685. The zero-order chi connectivity index (χ0) is 11.8. The summed E-state index contributed by atoms with van der Waals surface area (Å²) in [6, 6.07) is 2.14. The summed E-state index contributed by atoms with van der Waals surface area (Å²) >= 11 is 0. The first-order chi connectivity index (χ1) is 7.77. The van der Waals surface area contributed by atoms with Gasteiger partial charge in [-0.3, -0.25) is 4.68 Å². The summed E-state index contributed by atoms with van der Waals surface area (Å²) < 4.78 is 7.32. The van der Waals surface area contributed by atoms with Crippen LogP contribution in [0, 0.1) is 6.92 Å². The minimum absolute atomic E-state index is 0.807. The van der Waals surface area contributed by atoms with Gasteiger partial charge in [0.2, 0.25) is 0 Å². The van der Waals surface area contributed by atoms with E-state index in [0.29, 0.717) is 0 Å². The van der Waals surface area contributed by atoms with E-state index in [9.17, 15) is 0 Å². The molecule has 0 saturated heterocycles. The van der Waals surface area contributed by atoms with Crippen molar-refractivity contribution in [1.29, 1.82) is 0 Å². The number of nitrogens with zero attached hydrogens (tertiary/aromatic N) is 2. The number of aromatic nitrogens is 2. The lowest BCUT2D eigenvalue weighted by Gasteiger charge is -2.06. The molecule has 0 aliphatic heterocycles. The third kappa shape index (κ3) is 4.33. The zero-order valence-electron chi connectivity index (χ0n) is 10.6. The highest BCUT2D eigenvalue weighted by Crippen LogP contribution is 2.03. The fourth-order valence-corrected chi connectivity index (χ4v) is 1.68. The van der Waals surface area contributed by atoms with Crippen molar-refractivity contribution in [3.8, 4) is 0 Å². The normalized spacial score (nSPS) is 10.9. The lowest BCUT2D eigenvalue weighted by atomic mass is 10.3. The number of aryl methyl sites for hydroxylation is 2. The maximum atomic E-state index is 5.28. The van der Waals surface area contributed by atoms with E-state index < -0.39 is 0 Å². The van der Waals surface area contributed by atoms with Crippen LogP contribution in [0.15, 0.2) is 6.07 Å². The highest BCUT2D eigenvalue weighted by Gasteiger charge is 2.02. The molecule has 1 rings (SSSR count). The number of hydrogen-bond acceptors (Lipinski definition) is 3. The molecule has 0 unspecified atom stereocenters. The molecular formula is C12H23N3O. The van der Waals surface area contributed by atoms with E-state index in [1.54, 1.807) is 0 Å². The van der Waals surface area contributed by atoms with E-state index in [1.165, 1.54) is 5.69 Å². The van der Waals surface area contributed by atoms with Crippen LogP contribution in [-0.4, -0.2) is 29.5 Å². The monoisotopic (exact) mass is 225 g/mol. The molecule has 0 fully saturated rings. The van der Waals surface area contributed by atoms with Gasteiger partial charge in [-0.2, -0.15) is 5.10 Å². The summed E-state index contributed by atoms with van der Waals surface area (Å²) in [6.07, 6.45) is 1.06. The topological polar surface area (TPSA) is 39.1 Å². The van der Waals surface area contributed by atoms with E-state index in [2.05, 4.69) is 23.4 Å². The van der Waals surface area contributed by atoms with Crippen LogP contribution in [0.4, 0.5) is 0 Å². The van der Waals surface area contributed by atoms with E-state index >= 15 is 0 Å². The van der Waals surface area contributed by atoms with Gasteiger partial charge in [-0.25, -0.2) is 0 Å². The lowest BCUT2D eigenvalue weighted by Crippen LogP contribution is -2.18. The van der Waals surface area contributed by atoms with Crippen molar-refractivity contribution in [2.45, 2.75) is 40.3 Å². The van der Waals surface area contributed by atoms with Crippen molar-refractivity contribution in [2.24, 2.45) is 0 Å². The van der Waals surface area contributed by atoms with Crippen LogP contribution in [0.1, 0.15) is 31.7 Å². The van der Waals surface area contributed by atoms with Crippen LogP contribution < -0.4 is 5.32 Å². The molecule has 4 nitrogen and oxygen atoms in total. The molecule has 1 aromatic heterocycles. The van der Waals surface area contributed by atoms with Crippen molar-refractivity contribution in [3.05, 3.63) is 17.5 Å². The molecule has 92 valence electrons. The maximum Gasteiger partial charge on any atom is 0.0597 e. The Morgan fingerprint density at radius 2 is 2.25 bits per heavy atom. The molecule has 0 radical (unpaired) electrons. The predicted octanol–water partition coefficient (Wildman–Crippen LogP) is 1.73. The Morgan fingerprint density at radius 1 is 1.44 bits per heavy atom. The van der Waals surface area contributed by atoms with Crippen molar-refractivity contribution in [3.63, 3.8) is 0 Å². The van der Waals surface area contributed by atoms with Crippen molar-refractivity contribution in [2.75, 3.05) is 19.8 Å². The second-order valence-electron chi connectivity index (χ2n) is 3.82. The maximum absolute atomic E-state index is 5.28. The van der Waals surface area contributed by atoms with Gasteiger partial charge >= 0.3 is 0 Å². The number of nitrogens with one attached hydrogen (secondary N) is 1. The second-order valence-corrected chi connectivity index (χ2v) is 3.82. The molecule has 1 aromatic rings. The van der Waals surface area contributed by atoms with Gasteiger partial charge in [0.15, 0.2) is 0 Å². The Balaban J connectivity index is 2.21. The molecule has 1 N–H and O–H groups in total. The molecule has 0 aliphatic carbocycles. The molecule has 0 saturated carbocycles. The Labute approximate surface area is 98.0 Å². The van der Waals surface area contributed by atoms with Gasteiger partial charge < -0.3 is 10.1 Å². The van der Waals surface area contributed by atoms with E-state index in [-0.39, 0.29) is 0 Å². The fourth-order valence-electron chi connectivity index (χ4n) is 1.68. The first-order valence-electron chi connectivity index (χ1n) is 6.09. The Hall–Kier alpha value is -0.870. The van der Waals surface area contributed by atoms with Gasteiger partial charge in [0, 0.05) is 26.3 Å². The number of hydrogen-bond donors (Lipinski definition) is 1. The minimum Gasteiger partial charge on any atom is -0.382 e. The SMILES string of the molecule is CCOCCCNCc1cc(C)nn1CC. The van der Waals surface area contributed by atoms with Crippen molar-refractivity contribution >= 4 is 0 Å². The van der Waals surface area contributed by atoms with Crippen LogP contribution in [0.2, 0.25) is 0 Å². The van der Waals surface area contributed by atoms with E-state index in [1.807, 2.05) is 18.5 Å². The molecule has 0 bridgehead atoms. The zero-order valence-corrected chi connectivity index (χ0v) is 10.6. The highest BCUT2D eigenvalue weighted by atomic mass is 16.5. The van der Waals surface area contributed by atoms with Gasteiger partial charge in [-0.1, -0.05) is 0 Å². The molecule has 0 atom stereocenters. The van der Waals surface area contributed by atoms with Crippen molar-refractivity contribution < 1.29 is 4.74 Å². The summed E-state index contributed by atoms with van der Waals surface area (Å²) in [5.74, 6) is 0. The van der Waals surface area contributed by atoms with Crippen molar-refractivity contribution in [1.82, 2.24) is 15.1 Å². The average molecular weight is 225 g/mol. The molecular weight excluding hydrogens is 202 g/mol. The smallest absolute Gasteiger partial charge is 0.0597 e. The molecule has 4 heteroatoms. The molecule has 1 heterocycles. The number of ether oxygens (including phenoxy) is 1. The first-order valence-corrected chi connectivity index (χ1v) is 6.09. The standard InChI is InChI=1S/C12H23N3O/c1-4-15-12(9-11(3)14-15)10-13-7-6-8-16-5-2/h9,13H,4-8,10H2,1-3H3. The predicted molar refractivity (Wildman–Crippen MR) is 65.5 cm³/mol. The largest absolute Gasteiger partial charge is 0.382 e. The van der Waals surface area contributed by atoms with Gasteiger partial charge in [-0.15, -0.1) is 0 Å². The summed E-state index contributed by atoms with van der Waals surface area (Å²) in [6.45, 7) is 10.6. The Bertz CT molecular complexity index is 296. The van der Waals surface area contributed by atoms with Gasteiger partial charge in [0.25, 0.3) is 0 Å². The lowest BCUT2D eigenvalue weighted by molar-refractivity contribution is 0.144. The average Bonchev–Trinajstić information content (AvgIpc) is 2.64. The fraction of sp³-hybridized carbons (Fsp3) is 0.750. The molecule has 0 aromatic carbocycles. The van der Waals surface area contributed by atoms with Gasteiger partial charge in [0.1, 0.15) is 0 Å². The third-order valence-electron chi connectivity index (χ3n) is 2.44. The Morgan fingerprint density at radius 3 is 2.94 bits per heavy atom. The molecule has 0 aliphatic rings. The van der Waals surface area contributed by atoms with E-state index in [4.69, 9.17) is 4.74 Å². The van der Waals surface area contributed by atoms with Crippen LogP contribution in [0.5, 0.6) is 0 Å². The minimum atomic E-state index is 0.807. The van der Waals surface area contributed by atoms with Gasteiger partial charge in [0.05, 0.1) is 11.4 Å². The van der Waals surface area contributed by atoms with Gasteiger partial charge in [-0.05, 0) is 39.8 Å². The summed E-state index contributed by atoms with van der Waals surface area (Å²) in [7, 11) is 0. The molecule has 0 spiro atoms. The molecule has 16 heavy (non-hydrogen) atoms. The van der Waals surface area contributed by atoms with E-state index in [0.717, 1.165) is 45.0 Å².